The van der Waals surface area contributed by atoms with Crippen LogP contribution in [0.15, 0.2) is 30.3 Å². The van der Waals surface area contributed by atoms with Crippen molar-refractivity contribution in [3.8, 4) is 0 Å². The Morgan fingerprint density at radius 3 is 2.70 bits per heavy atom. The molecule has 1 saturated heterocycles. The highest BCUT2D eigenvalue weighted by Gasteiger charge is 2.41. The Labute approximate surface area is 115 Å². The quantitative estimate of drug-likeness (QED) is 0.746. The summed E-state index contributed by atoms with van der Waals surface area (Å²) in [4.78, 5) is 38.3. The van der Waals surface area contributed by atoms with Gasteiger partial charge in [0.15, 0.2) is 0 Å². The molecule has 0 radical (unpaired) electrons. The van der Waals surface area contributed by atoms with Crippen molar-refractivity contribution in [3.05, 3.63) is 35.9 Å². The smallest absolute Gasteiger partial charge is 0.333 e. The fourth-order valence-corrected chi connectivity index (χ4v) is 2.00. The van der Waals surface area contributed by atoms with Gasteiger partial charge >= 0.3 is 6.09 Å². The van der Waals surface area contributed by atoms with Gasteiger partial charge in [-0.2, -0.15) is 0 Å². The summed E-state index contributed by atoms with van der Waals surface area (Å²) in [6.45, 7) is 0.924. The highest BCUT2D eigenvalue weighted by molar-refractivity contribution is 6.03. The number of carbonyl (C=O) groups is 3. The van der Waals surface area contributed by atoms with Crippen molar-refractivity contribution in [1.29, 1.82) is 0 Å². The van der Waals surface area contributed by atoms with Crippen LogP contribution in [-0.4, -0.2) is 29.5 Å². The normalized spacial score (nSPS) is 18.4. The minimum atomic E-state index is -1.18. The lowest BCUT2D eigenvalue weighted by atomic mass is 10.1. The van der Waals surface area contributed by atoms with Crippen molar-refractivity contribution in [3.63, 3.8) is 0 Å². The van der Waals surface area contributed by atoms with Crippen LogP contribution in [-0.2, 0) is 21.0 Å². The molecule has 0 aromatic heterocycles. The third kappa shape index (κ3) is 3.33. The summed E-state index contributed by atoms with van der Waals surface area (Å²) in [5.41, 5.74) is 5.87. The molecular formula is C13H15N3O4. The highest BCUT2D eigenvalue weighted by atomic mass is 16.7. The molecule has 0 bridgehead atoms. The van der Waals surface area contributed by atoms with E-state index in [4.69, 9.17) is 5.73 Å². The van der Waals surface area contributed by atoms with Gasteiger partial charge in [-0.3, -0.25) is 9.59 Å². The van der Waals surface area contributed by atoms with Gasteiger partial charge in [0.1, 0.15) is 0 Å². The van der Waals surface area contributed by atoms with Gasteiger partial charge in [-0.05, 0) is 5.56 Å². The van der Waals surface area contributed by atoms with Crippen LogP contribution < -0.4 is 11.1 Å². The molecule has 7 heteroatoms. The van der Waals surface area contributed by atoms with Crippen LogP contribution in [0.1, 0.15) is 12.0 Å². The number of nitrogens with zero attached hydrogens (tertiary/aromatic N) is 1. The van der Waals surface area contributed by atoms with E-state index in [1.54, 1.807) is 0 Å². The molecule has 1 unspecified atom stereocenters. The minimum Gasteiger partial charge on any atom is -0.333 e. The molecule has 2 rings (SSSR count). The number of hydrogen-bond acceptors (Lipinski definition) is 5. The Morgan fingerprint density at radius 1 is 1.35 bits per heavy atom. The summed E-state index contributed by atoms with van der Waals surface area (Å²) in [5.74, 6) is -1.64. The summed E-state index contributed by atoms with van der Waals surface area (Å²) >= 11 is 0. The van der Waals surface area contributed by atoms with E-state index in [0.29, 0.717) is 18.2 Å². The maximum atomic E-state index is 11.8. The monoisotopic (exact) mass is 277 g/mol. The molecule has 1 aromatic rings. The Balaban J connectivity index is 1.84. The fourth-order valence-electron chi connectivity index (χ4n) is 2.00. The zero-order chi connectivity index (χ0) is 14.5. The number of rotatable bonds is 5. The Bertz CT molecular complexity index is 518. The summed E-state index contributed by atoms with van der Waals surface area (Å²) < 4.78 is 0. The number of imide groups is 1. The SMILES string of the molecule is NC(=O)ON1C(=O)CC(CNCc2ccccc2)C1=O. The molecule has 20 heavy (non-hydrogen) atoms. The first-order valence-corrected chi connectivity index (χ1v) is 6.17. The lowest BCUT2D eigenvalue weighted by molar-refractivity contribution is -0.171. The second kappa shape index (κ2) is 6.16. The second-order valence-corrected chi connectivity index (χ2v) is 4.45. The van der Waals surface area contributed by atoms with Crippen LogP contribution in [0.4, 0.5) is 4.79 Å². The van der Waals surface area contributed by atoms with E-state index in [0.717, 1.165) is 5.56 Å². The molecule has 106 valence electrons. The number of hydrogen-bond donors (Lipinski definition) is 2. The molecule has 1 aromatic carbocycles. The molecule has 0 aliphatic carbocycles. The van der Waals surface area contributed by atoms with E-state index in [-0.39, 0.29) is 6.42 Å². The molecule has 1 atom stereocenters. The fraction of sp³-hybridized carbons (Fsp3) is 0.308. The summed E-state index contributed by atoms with van der Waals surface area (Å²) in [6, 6.07) is 9.67. The standard InChI is InChI=1S/C13H15N3O4/c14-13(19)20-16-11(17)6-10(12(16)18)8-15-7-9-4-2-1-3-5-9/h1-5,10,15H,6-8H2,(H2,14,19). The zero-order valence-corrected chi connectivity index (χ0v) is 10.7. The number of primary amides is 1. The molecule has 1 aliphatic rings. The second-order valence-electron chi connectivity index (χ2n) is 4.45. The maximum absolute atomic E-state index is 11.8. The van der Waals surface area contributed by atoms with Gasteiger partial charge < -0.3 is 15.9 Å². The Morgan fingerprint density at radius 2 is 2.05 bits per heavy atom. The van der Waals surface area contributed by atoms with Crippen molar-refractivity contribution >= 4 is 17.9 Å². The van der Waals surface area contributed by atoms with E-state index in [9.17, 15) is 14.4 Å². The summed E-state index contributed by atoms with van der Waals surface area (Å²) in [5, 5.41) is 3.54. The molecule has 1 aliphatic heterocycles. The summed E-state index contributed by atoms with van der Waals surface area (Å²) in [6.07, 6.45) is -1.17. The van der Waals surface area contributed by atoms with Gasteiger partial charge in [-0.15, -0.1) is 5.06 Å². The van der Waals surface area contributed by atoms with Crippen molar-refractivity contribution in [2.24, 2.45) is 11.7 Å². The molecule has 1 fully saturated rings. The molecular weight excluding hydrogens is 262 g/mol. The van der Waals surface area contributed by atoms with Crippen molar-refractivity contribution in [2.75, 3.05) is 6.54 Å². The molecule has 7 nitrogen and oxygen atoms in total. The first kappa shape index (κ1) is 14.0. The van der Waals surface area contributed by atoms with Crippen LogP contribution in [0.25, 0.3) is 0 Å². The van der Waals surface area contributed by atoms with E-state index in [2.05, 4.69) is 10.2 Å². The maximum Gasteiger partial charge on any atom is 0.429 e. The molecule has 1 heterocycles. The first-order valence-electron chi connectivity index (χ1n) is 6.17. The number of carbonyl (C=O) groups excluding carboxylic acids is 3. The average molecular weight is 277 g/mol. The van der Waals surface area contributed by atoms with Gasteiger partial charge in [-0.25, -0.2) is 4.79 Å². The molecule has 3 N–H and O–H groups in total. The van der Waals surface area contributed by atoms with Gasteiger partial charge in [0.05, 0.1) is 5.92 Å². The van der Waals surface area contributed by atoms with Gasteiger partial charge in [0.25, 0.3) is 11.8 Å². The van der Waals surface area contributed by atoms with E-state index >= 15 is 0 Å². The van der Waals surface area contributed by atoms with E-state index < -0.39 is 23.8 Å². The predicted octanol–water partition coefficient (Wildman–Crippen LogP) is 0.162. The van der Waals surface area contributed by atoms with Crippen LogP contribution >= 0.6 is 0 Å². The molecule has 0 saturated carbocycles. The Hall–Kier alpha value is -2.41. The van der Waals surface area contributed by atoms with Gasteiger partial charge in [0.2, 0.25) is 0 Å². The number of benzene rings is 1. The van der Waals surface area contributed by atoms with Crippen LogP contribution in [0.2, 0.25) is 0 Å². The van der Waals surface area contributed by atoms with Crippen LogP contribution in [0.3, 0.4) is 0 Å². The largest absolute Gasteiger partial charge is 0.429 e. The van der Waals surface area contributed by atoms with E-state index in [1.807, 2.05) is 30.3 Å². The van der Waals surface area contributed by atoms with Crippen molar-refractivity contribution < 1.29 is 19.2 Å². The third-order valence-electron chi connectivity index (χ3n) is 2.94. The highest BCUT2D eigenvalue weighted by Crippen LogP contribution is 2.19. The first-order chi connectivity index (χ1) is 9.58. The minimum absolute atomic E-state index is 0.00784. The van der Waals surface area contributed by atoms with Crippen LogP contribution in [0.5, 0.6) is 0 Å². The third-order valence-corrected chi connectivity index (χ3v) is 2.94. The topological polar surface area (TPSA) is 102 Å². The van der Waals surface area contributed by atoms with Crippen molar-refractivity contribution in [2.45, 2.75) is 13.0 Å². The Kier molecular flexibility index (Phi) is 4.31. The number of nitrogens with two attached hydrogens (primary N) is 1. The predicted molar refractivity (Wildman–Crippen MR) is 68.8 cm³/mol. The molecule has 0 spiro atoms. The number of amides is 3. The lowest BCUT2D eigenvalue weighted by Crippen LogP contribution is -2.36. The van der Waals surface area contributed by atoms with E-state index in [1.165, 1.54) is 0 Å². The van der Waals surface area contributed by atoms with Gasteiger partial charge in [-0.1, -0.05) is 30.3 Å². The van der Waals surface area contributed by atoms with Crippen molar-refractivity contribution in [1.82, 2.24) is 10.4 Å². The number of nitrogens with one attached hydrogen (secondary N) is 1. The summed E-state index contributed by atoms with van der Waals surface area (Å²) in [7, 11) is 0. The number of hydroxylamine groups is 2. The van der Waals surface area contributed by atoms with Gasteiger partial charge in [0, 0.05) is 19.5 Å². The molecule has 3 amide bonds. The lowest BCUT2D eigenvalue weighted by Gasteiger charge is -2.12. The zero-order valence-electron chi connectivity index (χ0n) is 10.7. The van der Waals surface area contributed by atoms with Crippen LogP contribution in [0, 0.1) is 5.92 Å². The average Bonchev–Trinajstić information content (AvgIpc) is 2.67.